The summed E-state index contributed by atoms with van der Waals surface area (Å²) in [7, 11) is 0. The molecule has 0 spiro atoms. The molecule has 0 fully saturated rings. The Kier molecular flexibility index (Phi) is 12.5. The first-order valence-corrected chi connectivity index (χ1v) is 17.3. The molecule has 0 aliphatic heterocycles. The Morgan fingerprint density at radius 1 is 0.864 bits per heavy atom. The molecular formula is C41H54Cl2Zr-2. The van der Waals surface area contributed by atoms with E-state index in [0.29, 0.717) is 11.3 Å². The van der Waals surface area contributed by atoms with Gasteiger partial charge in [-0.3, -0.25) is 6.08 Å². The van der Waals surface area contributed by atoms with Crippen LogP contribution in [-0.4, -0.2) is 3.21 Å². The molecule has 6 rings (SSSR count). The molecule has 2 aromatic rings. The molecule has 0 aromatic heterocycles. The summed E-state index contributed by atoms with van der Waals surface area (Å²) in [5.74, 6) is 0.678. The van der Waals surface area contributed by atoms with Crippen molar-refractivity contribution in [1.29, 1.82) is 0 Å². The molecule has 0 bridgehead atoms. The molecule has 1 unspecified atom stereocenters. The summed E-state index contributed by atoms with van der Waals surface area (Å²) >= 11 is 1.55. The largest absolute Gasteiger partial charge is 1.00 e. The maximum Gasteiger partial charge on any atom is -1.00 e. The number of allylic oxidation sites excluding steroid dienone is 4. The van der Waals surface area contributed by atoms with Gasteiger partial charge in [-0.2, -0.15) is 11.6 Å². The predicted octanol–water partition coefficient (Wildman–Crippen LogP) is 3.69. The molecule has 0 amide bonds. The zero-order valence-corrected chi connectivity index (χ0v) is 33.6. The van der Waals surface area contributed by atoms with Gasteiger partial charge in [-0.25, -0.2) is 6.08 Å². The first-order chi connectivity index (χ1) is 19.3. The van der Waals surface area contributed by atoms with Crippen molar-refractivity contribution < 1.29 is 49.0 Å². The Labute approximate surface area is 297 Å². The number of hydrogen-bond donors (Lipinski definition) is 0. The van der Waals surface area contributed by atoms with E-state index in [4.69, 9.17) is 0 Å². The molecule has 0 nitrogen and oxygen atoms in total. The molecule has 4 aliphatic carbocycles. The van der Waals surface area contributed by atoms with Gasteiger partial charge in [0.15, 0.2) is 0 Å². The van der Waals surface area contributed by atoms with Crippen LogP contribution in [0, 0.1) is 17.4 Å². The zero-order valence-electron chi connectivity index (χ0n) is 29.6. The second-order valence-electron chi connectivity index (χ2n) is 16.3. The second kappa shape index (κ2) is 14.0. The van der Waals surface area contributed by atoms with Crippen molar-refractivity contribution in [3.63, 3.8) is 0 Å². The number of benzene rings is 2. The standard InChI is InChI=1S/C29H35.C9H13.C3H6.2ClH.Zr/c1-17-9-10-27(3,4)24-12-19-11-20-13-26-25(15-23(20)22(19)14-21(17)24)28(5,6)16-18(2)29(26,7)8;1-9(2,3)8-6-4-5-7-8;1-3-2;;;/h12-15,18H,9-10,16H2,1-8H3;6-7H,4H2,1-3H3;1-2H3;2*1H;/q2*-1;;;;+2/p-2. The molecule has 3 heteroatoms. The summed E-state index contributed by atoms with van der Waals surface area (Å²) in [4.78, 5) is 0. The minimum Gasteiger partial charge on any atom is -1.00 e. The minimum atomic E-state index is 0. The molecule has 0 N–H and O–H groups in total. The number of halogens is 2. The van der Waals surface area contributed by atoms with Gasteiger partial charge >= 0.3 is 41.3 Å². The van der Waals surface area contributed by atoms with Crippen LogP contribution in [0.1, 0.15) is 138 Å². The number of rotatable bonds is 0. The maximum absolute atomic E-state index is 3.80. The van der Waals surface area contributed by atoms with Gasteiger partial charge in [-0.05, 0) is 53.6 Å². The van der Waals surface area contributed by atoms with Gasteiger partial charge in [0.1, 0.15) is 0 Å². The fourth-order valence-corrected chi connectivity index (χ4v) is 7.09. The minimum absolute atomic E-state index is 0. The van der Waals surface area contributed by atoms with Gasteiger partial charge < -0.3 is 24.8 Å². The van der Waals surface area contributed by atoms with Crippen molar-refractivity contribution in [3.05, 3.63) is 80.8 Å². The summed E-state index contributed by atoms with van der Waals surface area (Å²) in [5, 5.41) is 2.79. The van der Waals surface area contributed by atoms with Crippen LogP contribution < -0.4 is 35.3 Å². The summed E-state index contributed by atoms with van der Waals surface area (Å²) in [6.07, 6.45) is 16.0. The van der Waals surface area contributed by atoms with E-state index in [1.165, 1.54) is 66.3 Å². The fraction of sp³-hybridized carbons (Fsp3) is 0.537. The van der Waals surface area contributed by atoms with Crippen LogP contribution in [0.15, 0.2) is 42.0 Å². The third-order valence-corrected chi connectivity index (χ3v) is 10.2. The van der Waals surface area contributed by atoms with E-state index in [1.807, 2.05) is 0 Å². The van der Waals surface area contributed by atoms with E-state index in [0.717, 1.165) is 6.42 Å². The third kappa shape index (κ3) is 7.92. The summed E-state index contributed by atoms with van der Waals surface area (Å²) < 4.78 is 1.51. The van der Waals surface area contributed by atoms with Crippen LogP contribution in [0.2, 0.25) is 0 Å². The smallest absolute Gasteiger partial charge is 1.00 e. The van der Waals surface area contributed by atoms with Gasteiger partial charge in [0.25, 0.3) is 0 Å². The van der Waals surface area contributed by atoms with Crippen molar-refractivity contribution >= 4 is 14.9 Å². The molecule has 0 saturated heterocycles. The molecule has 0 saturated carbocycles. The van der Waals surface area contributed by atoms with E-state index >= 15 is 0 Å². The third-order valence-electron chi connectivity index (χ3n) is 10.2. The van der Waals surface area contributed by atoms with Gasteiger partial charge in [-0.15, -0.1) is 46.5 Å². The molecule has 4 aliphatic rings. The van der Waals surface area contributed by atoms with Crippen LogP contribution in [0.3, 0.4) is 0 Å². The maximum atomic E-state index is 3.80. The SMILES string of the molecule is CC(C)(C)C1=CC[C-]=C1.CC1=c2cc3c(cc2C(C)(C)CC1)=[C-]c1cc2c(cc1-3)C(C)(C)CC(C)C2(C)C.C[C](C)=[Zr+2].[Cl-].[Cl-]. The van der Waals surface area contributed by atoms with Crippen molar-refractivity contribution in [1.82, 2.24) is 0 Å². The molecule has 44 heavy (non-hydrogen) atoms. The average Bonchev–Trinajstić information content (AvgIpc) is 3.52. The Morgan fingerprint density at radius 3 is 2.00 bits per heavy atom. The summed E-state index contributed by atoms with van der Waals surface area (Å²) in [6.45, 7) is 30.2. The molecule has 0 heterocycles. The Bertz CT molecular complexity index is 1580. The zero-order chi connectivity index (χ0) is 31.4. The fourth-order valence-electron chi connectivity index (χ4n) is 7.09. The van der Waals surface area contributed by atoms with Crippen LogP contribution >= 0.6 is 0 Å². The van der Waals surface area contributed by atoms with Gasteiger partial charge in [0.05, 0.1) is 0 Å². The van der Waals surface area contributed by atoms with E-state index in [1.54, 1.807) is 35.4 Å². The quantitative estimate of drug-likeness (QED) is 0.313. The first kappa shape index (κ1) is 39.2. The van der Waals surface area contributed by atoms with Gasteiger partial charge in [0, 0.05) is 0 Å². The Hall–Kier alpha value is -1.01. The van der Waals surface area contributed by atoms with Crippen molar-refractivity contribution in [2.45, 2.75) is 132 Å². The molecular weight excluding hydrogens is 655 g/mol. The Morgan fingerprint density at radius 2 is 1.48 bits per heavy atom. The van der Waals surface area contributed by atoms with Crippen LogP contribution in [-0.2, 0) is 40.5 Å². The molecule has 2 aromatic carbocycles. The van der Waals surface area contributed by atoms with E-state index < -0.39 is 0 Å². The van der Waals surface area contributed by atoms with Crippen LogP contribution in [0.4, 0.5) is 0 Å². The van der Waals surface area contributed by atoms with E-state index in [9.17, 15) is 0 Å². The van der Waals surface area contributed by atoms with Crippen molar-refractivity contribution in [2.75, 3.05) is 0 Å². The number of hydrogen-bond acceptors (Lipinski definition) is 0. The van der Waals surface area contributed by atoms with Crippen LogP contribution in [0.25, 0.3) is 22.8 Å². The normalized spacial score (nSPS) is 20.8. The summed E-state index contributed by atoms with van der Waals surface area (Å²) in [5.41, 5.74) is 12.7. The van der Waals surface area contributed by atoms with Gasteiger partial charge in [0.2, 0.25) is 0 Å². The second-order valence-corrected chi connectivity index (χ2v) is 18.8. The Balaban J connectivity index is 0.000000380. The molecule has 238 valence electrons. The average molecular weight is 709 g/mol. The van der Waals surface area contributed by atoms with Crippen molar-refractivity contribution in [2.24, 2.45) is 11.3 Å². The van der Waals surface area contributed by atoms with E-state index in [-0.39, 0.29) is 41.1 Å². The number of fused-ring (bicyclic) bond motifs is 5. The topological polar surface area (TPSA) is 0 Å². The first-order valence-electron chi connectivity index (χ1n) is 16.0. The molecule has 0 radical (unpaired) electrons. The van der Waals surface area contributed by atoms with Crippen molar-refractivity contribution in [3.8, 4) is 11.1 Å². The summed E-state index contributed by atoms with van der Waals surface area (Å²) in [6, 6.07) is 9.93. The van der Waals surface area contributed by atoms with E-state index in [2.05, 4.69) is 139 Å². The van der Waals surface area contributed by atoms with Crippen LogP contribution in [0.5, 0.6) is 0 Å². The monoisotopic (exact) mass is 706 g/mol. The van der Waals surface area contributed by atoms with Gasteiger partial charge in [-0.1, -0.05) is 109 Å². The predicted molar refractivity (Wildman–Crippen MR) is 181 cm³/mol. The molecule has 1 atom stereocenters.